The molecule has 0 unspecified atom stereocenters. The molecule has 0 bridgehead atoms. The SMILES string of the molecule is CC(C)c1nnc([C@@H](C)NC(=O)CCNC(=O)c2ccc(F)cc2)o1. The van der Waals surface area contributed by atoms with Crippen LogP contribution >= 0.6 is 0 Å². The molecule has 0 spiro atoms. The van der Waals surface area contributed by atoms with Crippen LogP contribution in [-0.4, -0.2) is 28.6 Å². The maximum atomic E-state index is 12.8. The normalized spacial score (nSPS) is 12.0. The topological polar surface area (TPSA) is 97.1 Å². The molecular formula is C17H21FN4O3. The van der Waals surface area contributed by atoms with Gasteiger partial charge >= 0.3 is 0 Å². The fourth-order valence-electron chi connectivity index (χ4n) is 2.02. The highest BCUT2D eigenvalue weighted by molar-refractivity contribution is 5.94. The number of carbonyl (C=O) groups is 2. The van der Waals surface area contributed by atoms with Gasteiger partial charge in [0.15, 0.2) is 0 Å². The van der Waals surface area contributed by atoms with Gasteiger partial charge in [-0.3, -0.25) is 9.59 Å². The van der Waals surface area contributed by atoms with Crippen LogP contribution in [0.1, 0.15) is 61.3 Å². The van der Waals surface area contributed by atoms with Crippen LogP contribution in [0.15, 0.2) is 28.7 Å². The van der Waals surface area contributed by atoms with E-state index < -0.39 is 11.9 Å². The summed E-state index contributed by atoms with van der Waals surface area (Å²) in [6, 6.07) is 4.77. The van der Waals surface area contributed by atoms with Crippen molar-refractivity contribution in [1.29, 1.82) is 0 Å². The first kappa shape index (κ1) is 18.6. The lowest BCUT2D eigenvalue weighted by Crippen LogP contribution is -2.32. The highest BCUT2D eigenvalue weighted by Crippen LogP contribution is 2.16. The Morgan fingerprint density at radius 1 is 1.12 bits per heavy atom. The van der Waals surface area contributed by atoms with Gasteiger partial charge in [-0.25, -0.2) is 4.39 Å². The molecule has 2 amide bonds. The lowest BCUT2D eigenvalue weighted by Gasteiger charge is -2.10. The summed E-state index contributed by atoms with van der Waals surface area (Å²) < 4.78 is 18.3. The van der Waals surface area contributed by atoms with Gasteiger partial charge in [0, 0.05) is 24.4 Å². The number of hydrogen-bond acceptors (Lipinski definition) is 5. The van der Waals surface area contributed by atoms with E-state index in [0.717, 1.165) is 0 Å². The van der Waals surface area contributed by atoms with Crippen molar-refractivity contribution in [2.45, 2.75) is 39.2 Å². The molecule has 8 heteroatoms. The predicted molar refractivity (Wildman–Crippen MR) is 88.3 cm³/mol. The van der Waals surface area contributed by atoms with Gasteiger partial charge in [-0.05, 0) is 31.2 Å². The van der Waals surface area contributed by atoms with Crippen molar-refractivity contribution in [3.05, 3.63) is 47.4 Å². The average Bonchev–Trinajstić information content (AvgIpc) is 3.05. The van der Waals surface area contributed by atoms with Crippen LogP contribution in [0.3, 0.4) is 0 Å². The maximum absolute atomic E-state index is 12.8. The summed E-state index contributed by atoms with van der Waals surface area (Å²) in [6.07, 6.45) is 0.0997. The Bertz CT molecular complexity index is 728. The molecule has 2 aromatic rings. The second-order valence-electron chi connectivity index (χ2n) is 5.94. The Balaban J connectivity index is 1.76. The molecule has 0 aliphatic heterocycles. The first-order chi connectivity index (χ1) is 11.9. The van der Waals surface area contributed by atoms with E-state index in [-0.39, 0.29) is 30.7 Å². The Kier molecular flexibility index (Phi) is 6.21. The van der Waals surface area contributed by atoms with Crippen LogP contribution < -0.4 is 10.6 Å². The van der Waals surface area contributed by atoms with Gasteiger partial charge in [-0.1, -0.05) is 13.8 Å². The Hall–Kier alpha value is -2.77. The molecule has 134 valence electrons. The van der Waals surface area contributed by atoms with Crippen LogP contribution in [0.4, 0.5) is 4.39 Å². The van der Waals surface area contributed by atoms with Crippen LogP contribution in [-0.2, 0) is 4.79 Å². The van der Waals surface area contributed by atoms with E-state index in [1.165, 1.54) is 24.3 Å². The highest BCUT2D eigenvalue weighted by Gasteiger charge is 2.17. The fraction of sp³-hybridized carbons (Fsp3) is 0.412. The zero-order valence-electron chi connectivity index (χ0n) is 14.4. The number of nitrogens with one attached hydrogen (secondary N) is 2. The van der Waals surface area contributed by atoms with Gasteiger partial charge < -0.3 is 15.1 Å². The van der Waals surface area contributed by atoms with Crippen LogP contribution in [0, 0.1) is 5.82 Å². The second kappa shape index (κ2) is 8.36. The van der Waals surface area contributed by atoms with Crippen molar-refractivity contribution in [1.82, 2.24) is 20.8 Å². The average molecular weight is 348 g/mol. The molecule has 7 nitrogen and oxygen atoms in total. The number of carbonyl (C=O) groups excluding carboxylic acids is 2. The zero-order valence-corrected chi connectivity index (χ0v) is 14.4. The van der Waals surface area contributed by atoms with E-state index in [2.05, 4.69) is 20.8 Å². The summed E-state index contributed by atoms with van der Waals surface area (Å²) >= 11 is 0. The molecule has 2 rings (SSSR count). The molecule has 1 heterocycles. The lowest BCUT2D eigenvalue weighted by molar-refractivity contribution is -0.121. The number of amides is 2. The van der Waals surface area contributed by atoms with E-state index in [4.69, 9.17) is 4.42 Å². The third-order valence-corrected chi connectivity index (χ3v) is 3.44. The van der Waals surface area contributed by atoms with Crippen molar-refractivity contribution in [2.75, 3.05) is 6.54 Å². The van der Waals surface area contributed by atoms with Crippen LogP contribution in [0.5, 0.6) is 0 Å². The molecule has 1 aromatic carbocycles. The largest absolute Gasteiger partial charge is 0.423 e. The minimum absolute atomic E-state index is 0.0997. The van der Waals surface area contributed by atoms with Crippen molar-refractivity contribution >= 4 is 11.8 Å². The van der Waals surface area contributed by atoms with E-state index in [9.17, 15) is 14.0 Å². The molecule has 0 saturated heterocycles. The maximum Gasteiger partial charge on any atom is 0.251 e. The minimum atomic E-state index is -0.416. The van der Waals surface area contributed by atoms with E-state index in [1.54, 1.807) is 6.92 Å². The summed E-state index contributed by atoms with van der Waals surface area (Å²) in [4.78, 5) is 23.8. The smallest absolute Gasteiger partial charge is 0.251 e. The molecule has 0 aliphatic rings. The van der Waals surface area contributed by atoms with Gasteiger partial charge in [-0.15, -0.1) is 10.2 Å². The first-order valence-electron chi connectivity index (χ1n) is 8.03. The molecule has 0 radical (unpaired) electrons. The van der Waals surface area contributed by atoms with Crippen molar-refractivity contribution in [3.8, 4) is 0 Å². The van der Waals surface area contributed by atoms with E-state index in [0.29, 0.717) is 17.3 Å². The summed E-state index contributed by atoms with van der Waals surface area (Å²) in [5.41, 5.74) is 0.335. The van der Waals surface area contributed by atoms with Gasteiger partial charge in [0.1, 0.15) is 11.9 Å². The molecule has 0 saturated carbocycles. The third-order valence-electron chi connectivity index (χ3n) is 3.44. The van der Waals surface area contributed by atoms with Crippen molar-refractivity contribution in [2.24, 2.45) is 0 Å². The van der Waals surface area contributed by atoms with Gasteiger partial charge in [0.05, 0.1) is 0 Å². The standard InChI is InChI=1S/C17H21FN4O3/c1-10(2)16-21-22-17(25-16)11(3)20-14(23)8-9-19-15(24)12-4-6-13(18)7-5-12/h4-7,10-11H,8-9H2,1-3H3,(H,19,24)(H,20,23)/t11-/m1/s1. The van der Waals surface area contributed by atoms with Crippen molar-refractivity contribution < 1.29 is 18.4 Å². The Morgan fingerprint density at radius 3 is 2.36 bits per heavy atom. The number of rotatable bonds is 7. The van der Waals surface area contributed by atoms with Crippen LogP contribution in [0.2, 0.25) is 0 Å². The molecule has 1 atom stereocenters. The quantitative estimate of drug-likeness (QED) is 0.800. The van der Waals surface area contributed by atoms with Crippen LogP contribution in [0.25, 0.3) is 0 Å². The Morgan fingerprint density at radius 2 is 1.76 bits per heavy atom. The van der Waals surface area contributed by atoms with E-state index >= 15 is 0 Å². The van der Waals surface area contributed by atoms with Crippen molar-refractivity contribution in [3.63, 3.8) is 0 Å². The molecule has 2 N–H and O–H groups in total. The summed E-state index contributed by atoms with van der Waals surface area (Å²) in [5.74, 6) is -0.0528. The molecule has 25 heavy (non-hydrogen) atoms. The van der Waals surface area contributed by atoms with Gasteiger partial charge in [-0.2, -0.15) is 0 Å². The van der Waals surface area contributed by atoms with E-state index in [1.807, 2.05) is 13.8 Å². The number of halogens is 1. The molecule has 1 aromatic heterocycles. The monoisotopic (exact) mass is 348 g/mol. The van der Waals surface area contributed by atoms with Gasteiger partial charge in [0.2, 0.25) is 17.7 Å². The number of hydrogen-bond donors (Lipinski definition) is 2. The highest BCUT2D eigenvalue weighted by atomic mass is 19.1. The molecule has 0 aliphatic carbocycles. The number of benzene rings is 1. The lowest BCUT2D eigenvalue weighted by atomic mass is 10.2. The first-order valence-corrected chi connectivity index (χ1v) is 8.03. The number of aromatic nitrogens is 2. The summed E-state index contributed by atoms with van der Waals surface area (Å²) in [5, 5.41) is 13.2. The van der Waals surface area contributed by atoms with Gasteiger partial charge in [0.25, 0.3) is 5.91 Å². The fourth-order valence-corrected chi connectivity index (χ4v) is 2.02. The predicted octanol–water partition coefficient (Wildman–Crippen LogP) is 2.33. The Labute approximate surface area is 145 Å². The number of nitrogens with zero attached hydrogens (tertiary/aromatic N) is 2. The molecule has 0 fully saturated rings. The summed E-state index contributed by atoms with van der Waals surface area (Å²) in [7, 11) is 0. The minimum Gasteiger partial charge on any atom is -0.423 e. The third kappa shape index (κ3) is 5.37. The zero-order chi connectivity index (χ0) is 18.4. The summed E-state index contributed by atoms with van der Waals surface area (Å²) in [6.45, 7) is 5.77. The second-order valence-corrected chi connectivity index (χ2v) is 5.94. The molecular weight excluding hydrogens is 327 g/mol.